The van der Waals surface area contributed by atoms with Crippen molar-refractivity contribution in [1.29, 1.82) is 0 Å². The van der Waals surface area contributed by atoms with Crippen LogP contribution in [0.25, 0.3) is 10.9 Å². The van der Waals surface area contributed by atoms with Crippen LogP contribution in [0.3, 0.4) is 0 Å². The molecule has 0 radical (unpaired) electrons. The van der Waals surface area contributed by atoms with Crippen molar-refractivity contribution >= 4 is 34.2 Å². The number of benzene rings is 1. The highest BCUT2D eigenvalue weighted by Crippen LogP contribution is 2.30. The SMILES string of the molecule is CN=C(C(S/C=C(\C)C(C)=O)=C(C)C)c1c[nH]c2ccccc12. The summed E-state index contributed by atoms with van der Waals surface area (Å²) in [5.41, 5.74) is 5.05. The van der Waals surface area contributed by atoms with Gasteiger partial charge in [0, 0.05) is 34.6 Å². The molecule has 0 unspecified atom stereocenters. The van der Waals surface area contributed by atoms with Gasteiger partial charge < -0.3 is 4.98 Å². The standard InChI is InChI=1S/C19H22N2OS/c1-12(2)19(23-11-13(3)14(4)22)18(20-5)16-10-21-17-9-7-6-8-15(16)17/h6-11,21H,1-5H3/b13-11+,20-18?. The Hall–Kier alpha value is -2.07. The number of H-pyrrole nitrogens is 1. The van der Waals surface area contributed by atoms with Gasteiger partial charge in [-0.3, -0.25) is 9.79 Å². The Balaban J connectivity index is 2.47. The molecule has 1 heterocycles. The molecular weight excluding hydrogens is 304 g/mol. The fraction of sp³-hybridized carbons (Fsp3) is 0.263. The summed E-state index contributed by atoms with van der Waals surface area (Å²) in [7, 11) is 1.81. The van der Waals surface area contributed by atoms with Crippen LogP contribution in [0.5, 0.6) is 0 Å². The molecular formula is C19H22N2OS. The highest BCUT2D eigenvalue weighted by molar-refractivity contribution is 8.06. The summed E-state index contributed by atoms with van der Waals surface area (Å²) in [6.07, 6.45) is 2.00. The van der Waals surface area contributed by atoms with Crippen LogP contribution < -0.4 is 0 Å². The summed E-state index contributed by atoms with van der Waals surface area (Å²) in [5, 5.41) is 3.06. The predicted octanol–water partition coefficient (Wildman–Crippen LogP) is 5.11. The zero-order chi connectivity index (χ0) is 17.0. The minimum Gasteiger partial charge on any atom is -0.360 e. The lowest BCUT2D eigenvalue weighted by Crippen LogP contribution is -2.04. The van der Waals surface area contributed by atoms with Gasteiger partial charge in [-0.15, -0.1) is 0 Å². The van der Waals surface area contributed by atoms with E-state index < -0.39 is 0 Å². The fourth-order valence-electron chi connectivity index (χ4n) is 2.25. The van der Waals surface area contributed by atoms with Crippen LogP contribution in [0, 0.1) is 0 Å². The number of hydrogen-bond donors (Lipinski definition) is 1. The second-order valence-electron chi connectivity index (χ2n) is 5.62. The van der Waals surface area contributed by atoms with Gasteiger partial charge in [0.05, 0.1) is 5.71 Å². The molecule has 1 aromatic carbocycles. The van der Waals surface area contributed by atoms with E-state index in [0.717, 1.165) is 32.7 Å². The Morgan fingerprint density at radius 3 is 2.48 bits per heavy atom. The molecule has 1 aromatic heterocycles. The molecule has 120 valence electrons. The lowest BCUT2D eigenvalue weighted by molar-refractivity contribution is -0.113. The van der Waals surface area contributed by atoms with Crippen molar-refractivity contribution in [2.24, 2.45) is 4.99 Å². The zero-order valence-electron chi connectivity index (χ0n) is 14.2. The molecule has 0 amide bonds. The smallest absolute Gasteiger partial charge is 0.156 e. The summed E-state index contributed by atoms with van der Waals surface area (Å²) in [5.74, 6) is 0.0905. The maximum absolute atomic E-state index is 11.4. The van der Waals surface area contributed by atoms with Crippen LogP contribution in [0.15, 0.2) is 56.9 Å². The van der Waals surface area contributed by atoms with Gasteiger partial charge in [0.2, 0.25) is 0 Å². The van der Waals surface area contributed by atoms with Gasteiger partial charge in [-0.05, 0) is 44.7 Å². The number of carbonyl (C=O) groups is 1. The second kappa shape index (κ2) is 7.47. The molecule has 3 nitrogen and oxygen atoms in total. The quantitative estimate of drug-likeness (QED) is 0.613. The highest BCUT2D eigenvalue weighted by Gasteiger charge is 2.15. The topological polar surface area (TPSA) is 45.2 Å². The molecule has 23 heavy (non-hydrogen) atoms. The number of aromatic amines is 1. The Morgan fingerprint density at radius 1 is 1.17 bits per heavy atom. The molecule has 0 atom stereocenters. The number of hydrogen-bond acceptors (Lipinski definition) is 3. The summed E-state index contributed by atoms with van der Waals surface area (Å²) in [6.45, 7) is 7.56. The first-order valence-corrected chi connectivity index (χ1v) is 8.39. The molecule has 0 saturated heterocycles. The zero-order valence-corrected chi connectivity index (χ0v) is 15.0. The molecule has 0 bridgehead atoms. The van der Waals surface area contributed by atoms with Crippen LogP contribution in [-0.4, -0.2) is 23.5 Å². The van der Waals surface area contributed by atoms with Crippen molar-refractivity contribution in [2.45, 2.75) is 27.7 Å². The van der Waals surface area contributed by atoms with Crippen LogP contribution in [0.2, 0.25) is 0 Å². The Labute approximate surface area is 141 Å². The van der Waals surface area contributed by atoms with Crippen molar-refractivity contribution in [3.05, 3.63) is 57.5 Å². The number of nitrogens with one attached hydrogen (secondary N) is 1. The van der Waals surface area contributed by atoms with Crippen molar-refractivity contribution in [2.75, 3.05) is 7.05 Å². The number of carbonyl (C=O) groups excluding carboxylic acids is 1. The lowest BCUT2D eigenvalue weighted by atomic mass is 10.1. The van der Waals surface area contributed by atoms with Gasteiger partial charge >= 0.3 is 0 Å². The van der Waals surface area contributed by atoms with Crippen LogP contribution in [-0.2, 0) is 4.79 Å². The van der Waals surface area contributed by atoms with E-state index in [4.69, 9.17) is 0 Å². The molecule has 0 aliphatic rings. The van der Waals surface area contributed by atoms with E-state index in [-0.39, 0.29) is 5.78 Å². The third-order valence-corrected chi connectivity index (χ3v) is 4.95. The summed E-state index contributed by atoms with van der Waals surface area (Å²) in [4.78, 5) is 20.3. The average Bonchev–Trinajstić information content (AvgIpc) is 2.94. The minimum atomic E-state index is 0.0905. The number of nitrogens with zero attached hydrogens (tertiary/aromatic N) is 1. The second-order valence-corrected chi connectivity index (χ2v) is 6.50. The van der Waals surface area contributed by atoms with E-state index in [1.165, 1.54) is 5.57 Å². The van der Waals surface area contributed by atoms with Gasteiger partial charge in [-0.2, -0.15) is 0 Å². The number of allylic oxidation sites excluding steroid dienone is 3. The highest BCUT2D eigenvalue weighted by atomic mass is 32.2. The Morgan fingerprint density at radius 2 is 1.87 bits per heavy atom. The first-order valence-electron chi connectivity index (χ1n) is 7.51. The molecule has 0 fully saturated rings. The maximum atomic E-state index is 11.4. The van der Waals surface area contributed by atoms with E-state index in [2.05, 4.69) is 36.0 Å². The Bertz CT molecular complexity index is 821. The fourth-order valence-corrected chi connectivity index (χ4v) is 3.26. The third-order valence-electron chi connectivity index (χ3n) is 3.65. The predicted molar refractivity (Wildman–Crippen MR) is 101 cm³/mol. The number of para-hydroxylation sites is 1. The number of fused-ring (bicyclic) bond motifs is 1. The molecule has 2 rings (SSSR count). The largest absolute Gasteiger partial charge is 0.360 e. The number of Topliss-reactive ketones (excluding diaryl/α,β-unsaturated/α-hetero) is 1. The maximum Gasteiger partial charge on any atom is 0.156 e. The van der Waals surface area contributed by atoms with E-state index >= 15 is 0 Å². The summed E-state index contributed by atoms with van der Waals surface area (Å²) < 4.78 is 0. The number of rotatable bonds is 5. The first kappa shape index (κ1) is 17.3. The number of ketones is 1. The van der Waals surface area contributed by atoms with Gasteiger partial charge in [0.1, 0.15) is 0 Å². The molecule has 2 aromatic rings. The van der Waals surface area contributed by atoms with Crippen molar-refractivity contribution < 1.29 is 4.79 Å². The van der Waals surface area contributed by atoms with E-state index in [9.17, 15) is 4.79 Å². The van der Waals surface area contributed by atoms with Gasteiger partial charge in [0.15, 0.2) is 5.78 Å². The minimum absolute atomic E-state index is 0.0905. The lowest BCUT2D eigenvalue weighted by Gasteiger charge is -2.11. The number of aliphatic imine (C=N–C) groups is 1. The summed E-state index contributed by atoms with van der Waals surface area (Å²) in [6, 6.07) is 8.19. The average molecular weight is 326 g/mol. The molecule has 4 heteroatoms. The van der Waals surface area contributed by atoms with Gasteiger partial charge in [-0.25, -0.2) is 0 Å². The monoisotopic (exact) mass is 326 g/mol. The molecule has 0 aliphatic carbocycles. The number of aromatic nitrogens is 1. The normalized spacial score (nSPS) is 12.6. The van der Waals surface area contributed by atoms with Crippen LogP contribution in [0.1, 0.15) is 33.3 Å². The van der Waals surface area contributed by atoms with Crippen LogP contribution >= 0.6 is 11.8 Å². The first-order chi connectivity index (χ1) is 11.0. The van der Waals surface area contributed by atoms with Crippen molar-refractivity contribution in [1.82, 2.24) is 4.98 Å². The Kier molecular flexibility index (Phi) is 5.61. The number of thioether (sulfide) groups is 1. The molecule has 0 aliphatic heterocycles. The summed E-state index contributed by atoms with van der Waals surface area (Å²) >= 11 is 1.56. The van der Waals surface area contributed by atoms with Crippen molar-refractivity contribution in [3.63, 3.8) is 0 Å². The van der Waals surface area contributed by atoms with E-state index in [0.29, 0.717) is 0 Å². The van der Waals surface area contributed by atoms with Crippen molar-refractivity contribution in [3.8, 4) is 0 Å². The van der Waals surface area contributed by atoms with E-state index in [1.807, 2.05) is 37.7 Å². The third kappa shape index (κ3) is 3.82. The molecule has 0 spiro atoms. The van der Waals surface area contributed by atoms with Gasteiger partial charge in [0.25, 0.3) is 0 Å². The van der Waals surface area contributed by atoms with Gasteiger partial charge in [-0.1, -0.05) is 35.5 Å². The van der Waals surface area contributed by atoms with Crippen LogP contribution in [0.4, 0.5) is 0 Å². The molecule has 0 saturated carbocycles. The molecule has 1 N–H and O–H groups in total. The van der Waals surface area contributed by atoms with E-state index in [1.54, 1.807) is 18.7 Å².